The molecule has 0 aliphatic carbocycles. The highest BCUT2D eigenvalue weighted by Crippen LogP contribution is 2.23. The van der Waals surface area contributed by atoms with E-state index >= 15 is 0 Å². The van der Waals surface area contributed by atoms with E-state index in [9.17, 15) is 9.18 Å². The van der Waals surface area contributed by atoms with Gasteiger partial charge in [-0.3, -0.25) is 4.79 Å². The second-order valence-corrected chi connectivity index (χ2v) is 5.32. The van der Waals surface area contributed by atoms with E-state index in [-0.39, 0.29) is 5.56 Å². The molecule has 0 aliphatic rings. The first-order chi connectivity index (χ1) is 10.0. The molecule has 0 saturated heterocycles. The molecule has 0 unspecified atom stereocenters. The van der Waals surface area contributed by atoms with Gasteiger partial charge in [0, 0.05) is 17.2 Å². The zero-order valence-corrected chi connectivity index (χ0v) is 13.3. The van der Waals surface area contributed by atoms with Crippen molar-refractivity contribution < 1.29 is 9.18 Å². The molecular weight excluding hydrogens is 337 g/mol. The van der Waals surface area contributed by atoms with E-state index in [1.54, 1.807) is 7.05 Å². The molecule has 1 amide bonds. The van der Waals surface area contributed by atoms with Gasteiger partial charge in [-0.15, -0.1) is 0 Å². The van der Waals surface area contributed by atoms with Gasteiger partial charge < -0.3 is 10.6 Å². The molecule has 0 radical (unpaired) electrons. The molecule has 1 heterocycles. The third-order valence-electron chi connectivity index (χ3n) is 3.03. The fraction of sp³-hybridized carbons (Fsp3) is 0.200. The van der Waals surface area contributed by atoms with Crippen molar-refractivity contribution in [2.75, 3.05) is 17.7 Å². The lowest BCUT2D eigenvalue weighted by Crippen LogP contribution is -2.16. The molecule has 6 heteroatoms. The number of carbonyl (C=O) groups excluding carboxylic acids is 1. The highest BCUT2D eigenvalue weighted by atomic mass is 79.9. The first kappa shape index (κ1) is 15.4. The molecule has 1 aromatic heterocycles. The summed E-state index contributed by atoms with van der Waals surface area (Å²) < 4.78 is 14.2. The first-order valence-electron chi connectivity index (χ1n) is 6.48. The van der Waals surface area contributed by atoms with Crippen LogP contribution in [0.25, 0.3) is 0 Å². The van der Waals surface area contributed by atoms with Gasteiger partial charge in [0.2, 0.25) is 0 Å². The second-order valence-electron chi connectivity index (χ2n) is 4.41. The summed E-state index contributed by atoms with van der Waals surface area (Å²) >= 11 is 3.40. The molecule has 21 heavy (non-hydrogen) atoms. The minimum Gasteiger partial charge on any atom is -0.372 e. The van der Waals surface area contributed by atoms with E-state index in [4.69, 9.17) is 0 Å². The zero-order chi connectivity index (χ0) is 15.4. The van der Waals surface area contributed by atoms with Gasteiger partial charge in [0.25, 0.3) is 5.91 Å². The van der Waals surface area contributed by atoms with Crippen molar-refractivity contribution >= 4 is 33.3 Å². The Kier molecular flexibility index (Phi) is 4.90. The number of hydrogen-bond donors (Lipinski definition) is 2. The van der Waals surface area contributed by atoms with Crippen molar-refractivity contribution in [3.05, 3.63) is 51.9 Å². The van der Waals surface area contributed by atoms with E-state index in [0.717, 1.165) is 22.7 Å². The Hall–Kier alpha value is -1.95. The third-order valence-corrected chi connectivity index (χ3v) is 3.53. The Morgan fingerprint density at radius 2 is 2.14 bits per heavy atom. The quantitative estimate of drug-likeness (QED) is 0.879. The number of pyridine rings is 1. The Labute approximate surface area is 130 Å². The number of nitrogens with one attached hydrogen (secondary N) is 2. The van der Waals surface area contributed by atoms with Crippen LogP contribution in [0, 0.1) is 5.82 Å². The molecule has 2 aromatic rings. The number of carbonyl (C=O) groups is 1. The third kappa shape index (κ3) is 3.58. The van der Waals surface area contributed by atoms with Crippen LogP contribution in [0.3, 0.4) is 0 Å². The second kappa shape index (κ2) is 6.67. The van der Waals surface area contributed by atoms with Crippen LogP contribution in [0.2, 0.25) is 0 Å². The predicted molar refractivity (Wildman–Crippen MR) is 85.2 cm³/mol. The van der Waals surface area contributed by atoms with Gasteiger partial charge in [0.05, 0.1) is 11.8 Å². The summed E-state index contributed by atoms with van der Waals surface area (Å²) in [4.78, 5) is 16.2. The topological polar surface area (TPSA) is 54.0 Å². The summed E-state index contributed by atoms with van der Waals surface area (Å²) in [5.74, 6) is -0.613. The summed E-state index contributed by atoms with van der Waals surface area (Å²) in [6.45, 7) is 2.00. The molecular formula is C15H15BrFN3O. The van der Waals surface area contributed by atoms with E-state index in [1.165, 1.54) is 6.07 Å². The van der Waals surface area contributed by atoms with E-state index in [2.05, 4.69) is 31.5 Å². The first-order valence-corrected chi connectivity index (χ1v) is 7.27. The standard InChI is InChI=1S/C15H15BrFN3O/c1-3-9-6-10(16)4-5-13(9)20-15(21)12-7-11(17)8-19-14(12)18-2/h4-8H,3H2,1-2H3,(H,18,19)(H,20,21). The number of amides is 1. The van der Waals surface area contributed by atoms with Crippen LogP contribution in [0.15, 0.2) is 34.9 Å². The van der Waals surface area contributed by atoms with Gasteiger partial charge in [-0.05, 0) is 36.2 Å². The van der Waals surface area contributed by atoms with Crippen molar-refractivity contribution in [1.29, 1.82) is 0 Å². The summed E-state index contributed by atoms with van der Waals surface area (Å²) in [5.41, 5.74) is 1.87. The van der Waals surface area contributed by atoms with Gasteiger partial charge in [-0.25, -0.2) is 9.37 Å². The lowest BCUT2D eigenvalue weighted by Gasteiger charge is -2.12. The maximum atomic E-state index is 13.3. The zero-order valence-electron chi connectivity index (χ0n) is 11.7. The van der Waals surface area contributed by atoms with Gasteiger partial charge in [0.15, 0.2) is 0 Å². The van der Waals surface area contributed by atoms with Crippen LogP contribution in [-0.4, -0.2) is 17.9 Å². The maximum absolute atomic E-state index is 13.3. The van der Waals surface area contributed by atoms with Gasteiger partial charge >= 0.3 is 0 Å². The van der Waals surface area contributed by atoms with Gasteiger partial charge in [-0.2, -0.15) is 0 Å². The van der Waals surface area contributed by atoms with Gasteiger partial charge in [0.1, 0.15) is 11.6 Å². The van der Waals surface area contributed by atoms with Crippen molar-refractivity contribution in [3.63, 3.8) is 0 Å². The molecule has 110 valence electrons. The summed E-state index contributed by atoms with van der Waals surface area (Å²) in [6, 6.07) is 6.77. The number of halogens is 2. The minimum atomic E-state index is -0.550. The van der Waals surface area contributed by atoms with Crippen molar-refractivity contribution in [2.24, 2.45) is 0 Å². The number of aryl methyl sites for hydroxylation is 1. The van der Waals surface area contributed by atoms with Crippen LogP contribution in [0.1, 0.15) is 22.8 Å². The average molecular weight is 352 g/mol. The van der Waals surface area contributed by atoms with E-state index in [1.807, 2.05) is 25.1 Å². The fourth-order valence-corrected chi connectivity index (χ4v) is 2.39. The van der Waals surface area contributed by atoms with Gasteiger partial charge in [-0.1, -0.05) is 22.9 Å². The highest BCUT2D eigenvalue weighted by Gasteiger charge is 2.15. The molecule has 0 fully saturated rings. The number of rotatable bonds is 4. The van der Waals surface area contributed by atoms with Crippen LogP contribution in [-0.2, 0) is 6.42 Å². The number of hydrogen-bond acceptors (Lipinski definition) is 3. The smallest absolute Gasteiger partial charge is 0.259 e. The number of anilines is 2. The minimum absolute atomic E-state index is 0.169. The molecule has 0 atom stereocenters. The molecule has 4 nitrogen and oxygen atoms in total. The molecule has 2 rings (SSSR count). The average Bonchev–Trinajstić information content (AvgIpc) is 2.48. The summed E-state index contributed by atoms with van der Waals surface area (Å²) in [6.07, 6.45) is 1.84. The molecule has 2 N–H and O–H groups in total. The maximum Gasteiger partial charge on any atom is 0.259 e. The monoisotopic (exact) mass is 351 g/mol. The Bertz CT molecular complexity index is 676. The fourth-order valence-electron chi connectivity index (χ4n) is 1.98. The molecule has 0 aliphatic heterocycles. The Balaban J connectivity index is 2.32. The number of nitrogens with zero attached hydrogens (tertiary/aromatic N) is 1. The highest BCUT2D eigenvalue weighted by molar-refractivity contribution is 9.10. The van der Waals surface area contributed by atoms with Crippen molar-refractivity contribution in [3.8, 4) is 0 Å². The molecule has 1 aromatic carbocycles. The molecule has 0 saturated carbocycles. The lowest BCUT2D eigenvalue weighted by molar-refractivity contribution is 0.102. The number of benzene rings is 1. The molecule has 0 bridgehead atoms. The van der Waals surface area contributed by atoms with Crippen LogP contribution in [0.5, 0.6) is 0 Å². The Morgan fingerprint density at radius 3 is 2.81 bits per heavy atom. The lowest BCUT2D eigenvalue weighted by atomic mass is 10.1. The van der Waals surface area contributed by atoms with Crippen LogP contribution in [0.4, 0.5) is 15.9 Å². The SMILES string of the molecule is CCc1cc(Br)ccc1NC(=O)c1cc(F)cnc1NC. The van der Waals surface area contributed by atoms with Crippen LogP contribution >= 0.6 is 15.9 Å². The summed E-state index contributed by atoms with van der Waals surface area (Å²) in [7, 11) is 1.63. The van der Waals surface area contributed by atoms with Crippen molar-refractivity contribution in [1.82, 2.24) is 4.98 Å². The molecule has 0 spiro atoms. The Morgan fingerprint density at radius 1 is 1.38 bits per heavy atom. The van der Waals surface area contributed by atoms with Crippen molar-refractivity contribution in [2.45, 2.75) is 13.3 Å². The predicted octanol–water partition coefficient (Wildman–Crippen LogP) is 3.84. The van der Waals surface area contributed by atoms with Crippen LogP contribution < -0.4 is 10.6 Å². The van der Waals surface area contributed by atoms with E-state index < -0.39 is 11.7 Å². The number of aromatic nitrogens is 1. The summed E-state index contributed by atoms with van der Waals surface area (Å²) in [5, 5.41) is 5.58. The largest absolute Gasteiger partial charge is 0.372 e. The normalized spacial score (nSPS) is 10.3. The van der Waals surface area contributed by atoms with E-state index in [0.29, 0.717) is 11.5 Å².